The molecule has 1 aliphatic rings. The van der Waals surface area contributed by atoms with E-state index in [1.54, 1.807) is 29.2 Å². The summed E-state index contributed by atoms with van der Waals surface area (Å²) in [7, 11) is 0. The van der Waals surface area contributed by atoms with Gasteiger partial charge in [-0.15, -0.1) is 0 Å². The Morgan fingerprint density at radius 3 is 2.10 bits per heavy atom. The van der Waals surface area contributed by atoms with Crippen molar-refractivity contribution in [1.82, 2.24) is 5.32 Å². The summed E-state index contributed by atoms with van der Waals surface area (Å²) >= 11 is 6.87. The van der Waals surface area contributed by atoms with Crippen LogP contribution in [0.2, 0.25) is 0 Å². The summed E-state index contributed by atoms with van der Waals surface area (Å²) in [6.45, 7) is -1.15. The first-order valence-electron chi connectivity index (χ1n) is 13.1. The number of hydrogen-bond acceptors (Lipinski definition) is 3. The van der Waals surface area contributed by atoms with E-state index < -0.39 is 24.3 Å². The molecule has 0 unspecified atom stereocenters. The third-order valence-corrected chi connectivity index (χ3v) is 7.90. The number of halogens is 4. The van der Waals surface area contributed by atoms with Gasteiger partial charge in [-0.3, -0.25) is 9.69 Å². The number of aliphatic carboxylic acids is 1. The lowest BCUT2D eigenvalue weighted by Crippen LogP contribution is -2.42. The van der Waals surface area contributed by atoms with E-state index in [0.717, 1.165) is 21.8 Å². The van der Waals surface area contributed by atoms with E-state index >= 15 is 0 Å². The molecule has 3 aromatic rings. The van der Waals surface area contributed by atoms with Gasteiger partial charge in [-0.2, -0.15) is 8.78 Å². The van der Waals surface area contributed by atoms with Gasteiger partial charge in [0.1, 0.15) is 0 Å². The quantitative estimate of drug-likeness (QED) is 0.212. The number of rotatable bonds is 9. The second-order valence-electron chi connectivity index (χ2n) is 9.99. The minimum absolute atomic E-state index is 0.0850. The second kappa shape index (κ2) is 13.6. The lowest BCUT2D eigenvalue weighted by atomic mass is 9.84. The first kappa shape index (κ1) is 30.6. The molecule has 1 saturated carbocycles. The van der Waals surface area contributed by atoms with Crippen molar-refractivity contribution in [3.63, 3.8) is 0 Å². The first-order valence-corrected chi connectivity index (χ1v) is 14.7. The van der Waals surface area contributed by atoms with Gasteiger partial charge in [-0.25, -0.2) is 9.59 Å². The molecule has 0 spiro atoms. The number of nitrogens with one attached hydrogen (secondary N) is 2. The van der Waals surface area contributed by atoms with E-state index in [4.69, 9.17) is 5.11 Å². The number of hydrogen-bond donors (Lipinski definition) is 3. The van der Waals surface area contributed by atoms with Crippen molar-refractivity contribution in [3.8, 4) is 0 Å². The fraction of sp³-hybridized carbons (Fsp3) is 0.300. The van der Waals surface area contributed by atoms with Crippen LogP contribution in [0.4, 0.5) is 25.0 Å². The summed E-state index contributed by atoms with van der Waals surface area (Å²) in [6, 6.07) is 19.2. The zero-order valence-corrected chi connectivity index (χ0v) is 25.2. The minimum Gasteiger partial charge on any atom is -0.477 e. The molecule has 3 amide bonds. The highest BCUT2D eigenvalue weighted by Crippen LogP contribution is 2.34. The molecular formula is C30H29Br2F2N3O4. The number of carboxylic acid groups (broad SMARTS) is 1. The van der Waals surface area contributed by atoms with E-state index in [-0.39, 0.29) is 18.1 Å². The summed E-state index contributed by atoms with van der Waals surface area (Å²) in [6.07, 6.45) is 6.03. The summed E-state index contributed by atoms with van der Waals surface area (Å²) < 4.78 is 28.3. The molecule has 0 aromatic heterocycles. The Labute approximate surface area is 253 Å². The predicted octanol–water partition coefficient (Wildman–Crippen LogP) is 7.95. The molecule has 3 aromatic carbocycles. The van der Waals surface area contributed by atoms with E-state index in [9.17, 15) is 23.2 Å². The van der Waals surface area contributed by atoms with Crippen molar-refractivity contribution in [1.29, 1.82) is 0 Å². The number of carbonyl (C=O) groups excluding carboxylic acids is 2. The Bertz CT molecular complexity index is 1380. The van der Waals surface area contributed by atoms with Crippen LogP contribution in [0, 0.1) is 0 Å². The van der Waals surface area contributed by atoms with E-state index in [2.05, 4.69) is 49.3 Å². The number of carbonyl (C=O) groups is 3. The van der Waals surface area contributed by atoms with Gasteiger partial charge in [0.2, 0.25) is 0 Å². The molecule has 11 heteroatoms. The van der Waals surface area contributed by atoms with Gasteiger partial charge in [0.25, 0.3) is 5.91 Å². The standard InChI is InChI=1S/C30H29Br2F2N3O4/c31-23-14-24(32)16-25(15-23)36-29(41)37(26-12-10-21(11-13-26)20-4-2-1-3-5-20)17-19-6-8-22(9-7-19)27(38)35-18-30(33,34)28(39)40/h6-16,20H,1-5,17-18H2,(H,35,38)(H,36,41)(H,39,40). The number of amides is 3. The third-order valence-electron chi connectivity index (χ3n) is 6.98. The highest BCUT2D eigenvalue weighted by Gasteiger charge is 2.39. The highest BCUT2D eigenvalue weighted by atomic mass is 79.9. The van der Waals surface area contributed by atoms with Crippen LogP contribution in [0.1, 0.15) is 59.5 Å². The smallest absolute Gasteiger partial charge is 0.376 e. The zero-order chi connectivity index (χ0) is 29.6. The second-order valence-corrected chi connectivity index (χ2v) is 11.8. The maximum absolute atomic E-state index is 13.5. The van der Waals surface area contributed by atoms with Crippen molar-refractivity contribution in [2.45, 2.75) is 50.5 Å². The molecule has 3 N–H and O–H groups in total. The van der Waals surface area contributed by atoms with E-state index in [0.29, 0.717) is 22.9 Å². The van der Waals surface area contributed by atoms with Crippen LogP contribution in [0.15, 0.2) is 75.7 Å². The average Bonchev–Trinajstić information content (AvgIpc) is 2.95. The van der Waals surface area contributed by atoms with Crippen molar-refractivity contribution in [3.05, 3.63) is 92.4 Å². The van der Waals surface area contributed by atoms with Crippen molar-refractivity contribution >= 4 is 61.1 Å². The Morgan fingerprint density at radius 2 is 1.51 bits per heavy atom. The normalized spacial score (nSPS) is 13.9. The summed E-state index contributed by atoms with van der Waals surface area (Å²) in [4.78, 5) is 38.0. The van der Waals surface area contributed by atoms with Crippen LogP contribution in [-0.4, -0.2) is 35.5 Å². The number of alkyl halides is 2. The molecule has 0 bridgehead atoms. The van der Waals surface area contributed by atoms with Crippen LogP contribution in [0.3, 0.4) is 0 Å². The Balaban J connectivity index is 1.53. The molecule has 7 nitrogen and oxygen atoms in total. The number of urea groups is 1. The molecule has 41 heavy (non-hydrogen) atoms. The predicted molar refractivity (Wildman–Crippen MR) is 161 cm³/mol. The van der Waals surface area contributed by atoms with E-state index in [1.165, 1.54) is 37.0 Å². The average molecular weight is 693 g/mol. The fourth-order valence-electron chi connectivity index (χ4n) is 4.77. The van der Waals surface area contributed by atoms with Gasteiger partial charge in [-0.05, 0) is 72.4 Å². The molecule has 1 fully saturated rings. The molecule has 0 heterocycles. The molecule has 216 valence electrons. The number of anilines is 2. The molecule has 4 rings (SSSR count). The van der Waals surface area contributed by atoms with Gasteiger partial charge in [0.05, 0.1) is 13.1 Å². The van der Waals surface area contributed by atoms with Crippen LogP contribution < -0.4 is 15.5 Å². The van der Waals surface area contributed by atoms with Crippen LogP contribution >= 0.6 is 31.9 Å². The summed E-state index contributed by atoms with van der Waals surface area (Å²) in [5.41, 5.74) is 3.31. The van der Waals surface area contributed by atoms with Crippen LogP contribution in [0.25, 0.3) is 0 Å². The Morgan fingerprint density at radius 1 is 0.902 bits per heavy atom. The third kappa shape index (κ3) is 8.36. The van der Waals surface area contributed by atoms with Crippen molar-refractivity contribution in [2.24, 2.45) is 0 Å². The van der Waals surface area contributed by atoms with Gasteiger partial charge in [0.15, 0.2) is 0 Å². The monoisotopic (exact) mass is 691 g/mol. The van der Waals surface area contributed by atoms with Crippen molar-refractivity contribution in [2.75, 3.05) is 16.8 Å². The van der Waals surface area contributed by atoms with Gasteiger partial charge < -0.3 is 15.7 Å². The maximum atomic E-state index is 13.5. The van der Waals surface area contributed by atoms with E-state index in [1.807, 2.05) is 23.5 Å². The number of benzene rings is 3. The maximum Gasteiger partial charge on any atom is 0.376 e. The largest absolute Gasteiger partial charge is 0.477 e. The number of carboxylic acids is 1. The zero-order valence-electron chi connectivity index (χ0n) is 22.0. The molecule has 0 saturated heterocycles. The Kier molecular flexibility index (Phi) is 10.1. The molecule has 0 radical (unpaired) electrons. The Hall–Kier alpha value is -3.31. The van der Waals surface area contributed by atoms with Crippen LogP contribution in [0.5, 0.6) is 0 Å². The topological polar surface area (TPSA) is 98.7 Å². The van der Waals surface area contributed by atoms with Gasteiger partial charge in [-0.1, -0.05) is 75.4 Å². The first-order chi connectivity index (χ1) is 19.5. The van der Waals surface area contributed by atoms with Gasteiger partial charge >= 0.3 is 17.9 Å². The summed E-state index contributed by atoms with van der Waals surface area (Å²) in [5, 5.41) is 13.4. The lowest BCUT2D eigenvalue weighted by Gasteiger charge is -2.26. The lowest BCUT2D eigenvalue weighted by molar-refractivity contribution is -0.163. The molecule has 1 aliphatic carbocycles. The molecular weight excluding hydrogens is 664 g/mol. The molecule has 0 atom stereocenters. The number of nitrogens with zero attached hydrogens (tertiary/aromatic N) is 1. The summed E-state index contributed by atoms with van der Waals surface area (Å²) in [5.74, 6) is -6.69. The highest BCUT2D eigenvalue weighted by molar-refractivity contribution is 9.11. The van der Waals surface area contributed by atoms with Crippen molar-refractivity contribution < 1.29 is 28.3 Å². The van der Waals surface area contributed by atoms with Crippen LogP contribution in [-0.2, 0) is 11.3 Å². The van der Waals surface area contributed by atoms with Gasteiger partial charge in [0, 0.05) is 25.9 Å². The SMILES string of the molecule is O=C(NCC(F)(F)C(=O)O)c1ccc(CN(C(=O)Nc2cc(Br)cc(Br)c2)c2ccc(C3CCCCC3)cc2)cc1. The molecule has 0 aliphatic heterocycles. The minimum atomic E-state index is -4.07. The fourth-order valence-corrected chi connectivity index (χ4v) is 6.07.